The number of hydrogen-bond donors (Lipinski definition) is 1. The van der Waals surface area contributed by atoms with Gasteiger partial charge >= 0.3 is 6.36 Å². The Morgan fingerprint density at radius 2 is 1.89 bits per heavy atom. The molecule has 5 rings (SSSR count). The molecule has 13 heteroatoms. The SMILES string of the molecule is CCc1ccccc1N1C(=O)CS/C1=N\C(=S)NCCCCc1cccc(-c2ncn(-c3ccc(OC(F)(F)F)cc3)n2)c1. The van der Waals surface area contributed by atoms with Gasteiger partial charge < -0.3 is 10.1 Å². The number of para-hydroxylation sites is 1. The van der Waals surface area contributed by atoms with E-state index < -0.39 is 6.36 Å². The molecule has 1 amide bonds. The Balaban J connectivity index is 1.11. The zero-order chi connectivity index (χ0) is 31.1. The van der Waals surface area contributed by atoms with Crippen LogP contribution < -0.4 is 15.0 Å². The number of aromatic nitrogens is 3. The number of aliphatic imine (C=N–C) groups is 1. The van der Waals surface area contributed by atoms with E-state index in [1.807, 2.05) is 48.5 Å². The quantitative estimate of drug-likeness (QED) is 0.152. The normalized spacial score (nSPS) is 14.3. The van der Waals surface area contributed by atoms with E-state index in [0.29, 0.717) is 34.1 Å². The summed E-state index contributed by atoms with van der Waals surface area (Å²) in [6.45, 7) is 2.71. The van der Waals surface area contributed by atoms with Gasteiger partial charge in [-0.2, -0.15) is 4.99 Å². The predicted molar refractivity (Wildman–Crippen MR) is 170 cm³/mol. The minimum atomic E-state index is -4.74. The highest BCUT2D eigenvalue weighted by Crippen LogP contribution is 2.30. The van der Waals surface area contributed by atoms with Crippen molar-refractivity contribution >= 4 is 45.9 Å². The molecule has 228 valence electrons. The van der Waals surface area contributed by atoms with E-state index in [1.54, 1.807) is 4.90 Å². The highest BCUT2D eigenvalue weighted by Gasteiger charge is 2.32. The lowest BCUT2D eigenvalue weighted by molar-refractivity contribution is -0.274. The molecule has 1 fully saturated rings. The number of unbranched alkanes of at least 4 members (excludes halogenated alkanes) is 1. The molecule has 0 aliphatic carbocycles. The van der Waals surface area contributed by atoms with Gasteiger partial charge in [-0.05, 0) is 85.4 Å². The number of halogens is 3. The Morgan fingerprint density at radius 3 is 2.66 bits per heavy atom. The summed E-state index contributed by atoms with van der Waals surface area (Å²) in [5.74, 6) is 0.536. The molecule has 8 nitrogen and oxygen atoms in total. The number of amides is 1. The molecule has 1 N–H and O–H groups in total. The molecular weight excluding hydrogens is 610 g/mol. The molecule has 0 radical (unpaired) electrons. The van der Waals surface area contributed by atoms with Crippen molar-refractivity contribution in [1.82, 2.24) is 20.1 Å². The molecule has 1 aliphatic rings. The number of nitrogens with zero attached hydrogens (tertiary/aromatic N) is 5. The van der Waals surface area contributed by atoms with Gasteiger partial charge in [-0.25, -0.2) is 9.67 Å². The summed E-state index contributed by atoms with van der Waals surface area (Å²) < 4.78 is 42.7. The summed E-state index contributed by atoms with van der Waals surface area (Å²) in [4.78, 5) is 23.2. The Morgan fingerprint density at radius 1 is 1.09 bits per heavy atom. The lowest BCUT2D eigenvalue weighted by Gasteiger charge is -2.19. The van der Waals surface area contributed by atoms with Gasteiger partial charge in [0.2, 0.25) is 5.91 Å². The van der Waals surface area contributed by atoms with E-state index in [9.17, 15) is 18.0 Å². The summed E-state index contributed by atoms with van der Waals surface area (Å²) in [6, 6.07) is 21.2. The Bertz CT molecular complexity index is 1660. The van der Waals surface area contributed by atoms with Crippen LogP contribution in [0.1, 0.15) is 30.9 Å². The summed E-state index contributed by atoms with van der Waals surface area (Å²) in [6.07, 6.45) is 0.195. The van der Waals surface area contributed by atoms with E-state index in [-0.39, 0.29) is 11.7 Å². The van der Waals surface area contributed by atoms with Gasteiger partial charge in [-0.1, -0.05) is 55.1 Å². The number of aryl methyl sites for hydroxylation is 2. The van der Waals surface area contributed by atoms with Crippen LogP contribution in [-0.2, 0) is 17.6 Å². The van der Waals surface area contributed by atoms with Crippen molar-refractivity contribution in [3.05, 3.63) is 90.3 Å². The maximum Gasteiger partial charge on any atom is 0.573 e. The first-order valence-electron chi connectivity index (χ1n) is 14.0. The first-order valence-corrected chi connectivity index (χ1v) is 15.4. The molecule has 1 saturated heterocycles. The van der Waals surface area contributed by atoms with Crippen LogP contribution in [0.5, 0.6) is 5.75 Å². The molecule has 4 aromatic rings. The number of benzene rings is 3. The second-order valence-electron chi connectivity index (χ2n) is 9.84. The fourth-order valence-electron chi connectivity index (χ4n) is 4.67. The van der Waals surface area contributed by atoms with Crippen LogP contribution in [0.15, 0.2) is 84.1 Å². The van der Waals surface area contributed by atoms with Gasteiger partial charge in [0, 0.05) is 12.1 Å². The number of alkyl halides is 3. The van der Waals surface area contributed by atoms with Crippen molar-refractivity contribution < 1.29 is 22.7 Å². The van der Waals surface area contributed by atoms with Crippen LogP contribution in [0, 0.1) is 0 Å². The lowest BCUT2D eigenvalue weighted by Crippen LogP contribution is -2.32. The zero-order valence-electron chi connectivity index (χ0n) is 23.8. The van der Waals surface area contributed by atoms with Crippen LogP contribution in [-0.4, -0.2) is 49.6 Å². The molecule has 0 atom stereocenters. The summed E-state index contributed by atoms with van der Waals surface area (Å²) in [7, 11) is 0. The molecule has 2 heterocycles. The monoisotopic (exact) mass is 638 g/mol. The topological polar surface area (TPSA) is 84.6 Å². The molecular formula is C31H29F3N6O2S2. The van der Waals surface area contributed by atoms with Crippen LogP contribution in [0.4, 0.5) is 18.9 Å². The van der Waals surface area contributed by atoms with Crippen molar-refractivity contribution in [2.24, 2.45) is 4.99 Å². The average Bonchev–Trinajstić information content (AvgIpc) is 3.64. The maximum atomic E-state index is 12.6. The minimum absolute atomic E-state index is 0.00439. The van der Waals surface area contributed by atoms with Gasteiger partial charge in [0.05, 0.1) is 17.1 Å². The maximum absolute atomic E-state index is 12.6. The number of amidine groups is 1. The molecule has 0 saturated carbocycles. The Hall–Kier alpha value is -4.23. The summed E-state index contributed by atoms with van der Waals surface area (Å²) in [5, 5.41) is 8.62. The number of thioether (sulfide) groups is 1. The van der Waals surface area contributed by atoms with Crippen molar-refractivity contribution in [3.8, 4) is 22.8 Å². The van der Waals surface area contributed by atoms with E-state index in [4.69, 9.17) is 12.2 Å². The molecule has 1 aliphatic heterocycles. The average molecular weight is 639 g/mol. The highest BCUT2D eigenvalue weighted by atomic mass is 32.2. The molecule has 0 spiro atoms. The van der Waals surface area contributed by atoms with Gasteiger partial charge in [0.1, 0.15) is 12.1 Å². The first-order chi connectivity index (χ1) is 21.2. The molecule has 0 unspecified atom stereocenters. The fraction of sp³-hybridized carbons (Fsp3) is 0.258. The third kappa shape index (κ3) is 8.03. The summed E-state index contributed by atoms with van der Waals surface area (Å²) >= 11 is 6.84. The number of rotatable bonds is 10. The Kier molecular flexibility index (Phi) is 9.95. The van der Waals surface area contributed by atoms with Crippen molar-refractivity contribution in [2.45, 2.75) is 39.0 Å². The Labute approximate surface area is 262 Å². The van der Waals surface area contributed by atoms with Gasteiger partial charge in [0.25, 0.3) is 0 Å². The number of nitrogens with one attached hydrogen (secondary N) is 1. The van der Waals surface area contributed by atoms with E-state index in [1.165, 1.54) is 47.0 Å². The van der Waals surface area contributed by atoms with Crippen LogP contribution >= 0.6 is 24.0 Å². The van der Waals surface area contributed by atoms with Crippen molar-refractivity contribution in [3.63, 3.8) is 0 Å². The third-order valence-electron chi connectivity index (χ3n) is 6.76. The van der Waals surface area contributed by atoms with Gasteiger partial charge in [0.15, 0.2) is 16.1 Å². The molecule has 3 aromatic carbocycles. The second-order valence-corrected chi connectivity index (χ2v) is 11.2. The molecule has 0 bridgehead atoms. The molecule has 1 aromatic heterocycles. The third-order valence-corrected chi connectivity index (χ3v) is 7.92. The second kappa shape index (κ2) is 14.0. The number of hydrogen-bond acceptors (Lipinski definition) is 6. The number of carbonyl (C=O) groups is 1. The molecule has 44 heavy (non-hydrogen) atoms. The smallest absolute Gasteiger partial charge is 0.406 e. The fourth-order valence-corrected chi connectivity index (χ4v) is 5.78. The van der Waals surface area contributed by atoms with Crippen molar-refractivity contribution in [2.75, 3.05) is 17.2 Å². The van der Waals surface area contributed by atoms with Crippen LogP contribution in [0.25, 0.3) is 17.1 Å². The standard InChI is InChI=1S/C31H29F3N6O2S2/c1-2-22-10-3-4-12-26(22)40-27(41)19-44-30(40)37-29(43)35-17-6-5-8-21-9-7-11-23(18-21)28-36-20-39(38-28)24-13-15-25(16-14-24)42-31(32,33)34/h3-4,7,9-16,18,20H,2,5-6,8,17,19H2,1H3,(H,35,43)/b37-30-. The van der Waals surface area contributed by atoms with E-state index in [2.05, 4.69) is 32.1 Å². The first kappa shape index (κ1) is 31.2. The van der Waals surface area contributed by atoms with Crippen LogP contribution in [0.3, 0.4) is 0 Å². The number of anilines is 1. The predicted octanol–water partition coefficient (Wildman–Crippen LogP) is 6.73. The summed E-state index contributed by atoms with van der Waals surface area (Å²) in [5.41, 5.74) is 4.45. The lowest BCUT2D eigenvalue weighted by atomic mass is 10.0. The van der Waals surface area contributed by atoms with E-state index in [0.717, 1.165) is 48.1 Å². The zero-order valence-corrected chi connectivity index (χ0v) is 25.4. The number of carbonyl (C=O) groups excluding carboxylic acids is 1. The minimum Gasteiger partial charge on any atom is -0.406 e. The highest BCUT2D eigenvalue weighted by molar-refractivity contribution is 8.15. The van der Waals surface area contributed by atoms with Gasteiger partial charge in [-0.15, -0.1) is 18.3 Å². The van der Waals surface area contributed by atoms with Crippen LogP contribution in [0.2, 0.25) is 0 Å². The number of ether oxygens (including phenoxy) is 1. The van der Waals surface area contributed by atoms with Crippen molar-refractivity contribution in [1.29, 1.82) is 0 Å². The number of thiocarbonyl (C=S) groups is 1. The van der Waals surface area contributed by atoms with E-state index >= 15 is 0 Å². The largest absolute Gasteiger partial charge is 0.573 e. The van der Waals surface area contributed by atoms with Gasteiger partial charge in [-0.3, -0.25) is 9.69 Å².